The summed E-state index contributed by atoms with van der Waals surface area (Å²) in [5.41, 5.74) is 5.15. The molecule has 190 valence electrons. The van der Waals surface area contributed by atoms with Crippen molar-refractivity contribution in [1.82, 2.24) is 29.6 Å². The predicted molar refractivity (Wildman–Crippen MR) is 147 cm³/mol. The van der Waals surface area contributed by atoms with Crippen molar-refractivity contribution in [2.75, 3.05) is 25.4 Å². The Morgan fingerprint density at radius 1 is 1.14 bits per heavy atom. The molecule has 0 spiro atoms. The van der Waals surface area contributed by atoms with Gasteiger partial charge in [0, 0.05) is 31.3 Å². The van der Waals surface area contributed by atoms with Crippen molar-refractivity contribution in [3.8, 4) is 22.0 Å². The molecule has 2 atom stereocenters. The van der Waals surface area contributed by atoms with E-state index in [0.29, 0.717) is 11.2 Å². The van der Waals surface area contributed by atoms with Crippen LogP contribution in [0.25, 0.3) is 22.0 Å². The summed E-state index contributed by atoms with van der Waals surface area (Å²) >= 11 is 3.55. The standard InChI is InChI=1S/C26H30N6OS2.ClH/c1-16-22(33-15-27-16)24-29-30-25(31(24)4)34-11-5-10-32-13-21-12-26(21,14-32)20-8-6-19(7-9-20)23-17(2)28-18(3)35-23;/h6-9,15,21H,5,10-14H2,1-4H3;1H/t21-,26?;/m1./s1. The molecule has 3 aromatic heterocycles. The van der Waals surface area contributed by atoms with Gasteiger partial charge < -0.3 is 13.9 Å². The molecule has 36 heavy (non-hydrogen) atoms. The molecule has 7 nitrogen and oxygen atoms in total. The second-order valence-corrected chi connectivity index (χ2v) is 12.1. The zero-order valence-corrected chi connectivity index (χ0v) is 23.5. The van der Waals surface area contributed by atoms with E-state index < -0.39 is 0 Å². The maximum absolute atomic E-state index is 5.48. The number of halogens is 1. The summed E-state index contributed by atoms with van der Waals surface area (Å²) in [4.78, 5) is 12.7. The number of aryl methyl sites for hydroxylation is 3. The third kappa shape index (κ3) is 4.51. The van der Waals surface area contributed by atoms with Gasteiger partial charge in [0.1, 0.15) is 0 Å². The van der Waals surface area contributed by atoms with Gasteiger partial charge in [0.15, 0.2) is 17.3 Å². The Morgan fingerprint density at radius 2 is 1.94 bits per heavy atom. The van der Waals surface area contributed by atoms with Crippen LogP contribution in [-0.2, 0) is 12.5 Å². The number of thiazole rings is 1. The second-order valence-electron chi connectivity index (χ2n) is 9.85. The molecule has 2 aliphatic rings. The van der Waals surface area contributed by atoms with Crippen LogP contribution in [0.4, 0.5) is 0 Å². The molecule has 1 aliphatic heterocycles. The first-order valence-electron chi connectivity index (χ1n) is 12.1. The van der Waals surface area contributed by atoms with Gasteiger partial charge in [-0.15, -0.1) is 33.9 Å². The fourth-order valence-electron chi connectivity index (χ4n) is 5.56. The van der Waals surface area contributed by atoms with Gasteiger partial charge in [-0.1, -0.05) is 36.0 Å². The Morgan fingerprint density at radius 3 is 2.64 bits per heavy atom. The number of thioether (sulfide) groups is 1. The van der Waals surface area contributed by atoms with Crippen LogP contribution in [0.15, 0.2) is 40.2 Å². The lowest BCUT2D eigenvalue weighted by Gasteiger charge is -2.21. The maximum atomic E-state index is 5.48. The monoisotopic (exact) mass is 542 g/mol. The van der Waals surface area contributed by atoms with Gasteiger partial charge in [0.25, 0.3) is 0 Å². The lowest BCUT2D eigenvalue weighted by Crippen LogP contribution is -2.27. The molecule has 1 aliphatic carbocycles. The van der Waals surface area contributed by atoms with Crippen LogP contribution in [0.3, 0.4) is 0 Å². The molecule has 0 radical (unpaired) electrons. The predicted octanol–water partition coefficient (Wildman–Crippen LogP) is 5.70. The number of aromatic nitrogens is 5. The van der Waals surface area contributed by atoms with Crippen molar-refractivity contribution in [1.29, 1.82) is 0 Å². The van der Waals surface area contributed by atoms with Crippen LogP contribution in [-0.4, -0.2) is 55.0 Å². The molecule has 1 aromatic carbocycles. The van der Waals surface area contributed by atoms with Crippen molar-refractivity contribution >= 4 is 35.5 Å². The van der Waals surface area contributed by atoms with Gasteiger partial charge in [-0.25, -0.2) is 9.97 Å². The third-order valence-electron chi connectivity index (χ3n) is 7.48. The molecular weight excluding hydrogens is 512 g/mol. The van der Waals surface area contributed by atoms with E-state index in [1.807, 2.05) is 18.5 Å². The summed E-state index contributed by atoms with van der Waals surface area (Å²) in [5, 5.41) is 10.7. The second kappa shape index (κ2) is 9.93. The number of rotatable bonds is 8. The molecule has 1 saturated heterocycles. The Hall–Kier alpha value is -2.20. The summed E-state index contributed by atoms with van der Waals surface area (Å²) in [6, 6.07) is 9.33. The smallest absolute Gasteiger partial charge is 0.202 e. The highest BCUT2D eigenvalue weighted by Gasteiger charge is 2.60. The molecule has 1 unspecified atom stereocenters. The number of fused-ring (bicyclic) bond motifs is 1. The lowest BCUT2D eigenvalue weighted by molar-refractivity contribution is 0.299. The van der Waals surface area contributed by atoms with Gasteiger partial charge in [-0.2, -0.15) is 0 Å². The Labute approximate surface area is 226 Å². The van der Waals surface area contributed by atoms with Crippen LogP contribution in [0, 0.1) is 26.7 Å². The number of likely N-dealkylation sites (tertiary alicyclic amines) is 1. The van der Waals surface area contributed by atoms with Crippen LogP contribution in [0.1, 0.15) is 34.8 Å². The first-order chi connectivity index (χ1) is 16.9. The summed E-state index contributed by atoms with van der Waals surface area (Å²) < 4.78 is 7.48. The number of piperidine rings is 1. The number of hydrogen-bond donors (Lipinski definition) is 0. The van der Waals surface area contributed by atoms with E-state index in [2.05, 4.69) is 63.2 Å². The average molecular weight is 543 g/mol. The van der Waals surface area contributed by atoms with Crippen molar-refractivity contribution in [3.05, 3.63) is 52.6 Å². The Bertz CT molecular complexity index is 1360. The average Bonchev–Trinajstić information content (AvgIpc) is 3.25. The van der Waals surface area contributed by atoms with E-state index in [-0.39, 0.29) is 12.4 Å². The SMILES string of the molecule is Cc1nc(C)c(-c2ccc(C34C[C@@H]3CN(CCCSc3nnc(-c5ocnc5C)n3C)C4)cc2)s1.Cl. The van der Waals surface area contributed by atoms with Gasteiger partial charge in [-0.3, -0.25) is 0 Å². The fraction of sp³-hybridized carbons (Fsp3) is 0.462. The van der Waals surface area contributed by atoms with Crippen molar-refractivity contribution in [2.24, 2.45) is 13.0 Å². The molecule has 10 heteroatoms. The van der Waals surface area contributed by atoms with Gasteiger partial charge in [-0.05, 0) is 57.2 Å². The number of benzene rings is 1. The van der Waals surface area contributed by atoms with Crippen molar-refractivity contribution < 1.29 is 4.42 Å². The van der Waals surface area contributed by atoms with Crippen LogP contribution in [0.5, 0.6) is 0 Å². The highest BCUT2D eigenvalue weighted by atomic mass is 35.5. The van der Waals surface area contributed by atoms with E-state index in [1.165, 1.54) is 41.9 Å². The molecule has 4 aromatic rings. The zero-order valence-electron chi connectivity index (χ0n) is 21.0. The van der Waals surface area contributed by atoms with E-state index in [1.54, 1.807) is 23.1 Å². The Kier molecular flexibility index (Phi) is 7.02. The molecule has 0 bridgehead atoms. The molecular formula is C26H31ClN6OS2. The molecule has 4 heterocycles. The van der Waals surface area contributed by atoms with E-state index in [4.69, 9.17) is 4.42 Å². The van der Waals surface area contributed by atoms with Gasteiger partial charge in [0.2, 0.25) is 5.82 Å². The summed E-state index contributed by atoms with van der Waals surface area (Å²) in [5.74, 6) is 3.26. The number of hydrogen-bond acceptors (Lipinski definition) is 8. The summed E-state index contributed by atoms with van der Waals surface area (Å²) in [6.07, 6.45) is 3.93. The lowest BCUT2D eigenvalue weighted by atomic mass is 9.94. The van der Waals surface area contributed by atoms with E-state index in [9.17, 15) is 0 Å². The van der Waals surface area contributed by atoms with E-state index in [0.717, 1.165) is 52.0 Å². The van der Waals surface area contributed by atoms with Gasteiger partial charge in [0.05, 0.1) is 21.3 Å². The first-order valence-corrected chi connectivity index (χ1v) is 13.9. The first kappa shape index (κ1) is 25.4. The van der Waals surface area contributed by atoms with Crippen LogP contribution in [0.2, 0.25) is 0 Å². The maximum Gasteiger partial charge on any atom is 0.202 e. The molecule has 2 fully saturated rings. The summed E-state index contributed by atoms with van der Waals surface area (Å²) in [7, 11) is 1.99. The largest absolute Gasteiger partial charge is 0.440 e. The molecule has 1 saturated carbocycles. The minimum atomic E-state index is 0. The minimum Gasteiger partial charge on any atom is -0.440 e. The normalized spacial score (nSPS) is 20.9. The highest BCUT2D eigenvalue weighted by molar-refractivity contribution is 7.99. The molecule has 0 N–H and O–H groups in total. The quantitative estimate of drug-likeness (QED) is 0.209. The third-order valence-corrected chi connectivity index (χ3v) is 9.70. The topological polar surface area (TPSA) is 72.9 Å². The van der Waals surface area contributed by atoms with Crippen LogP contribution >= 0.6 is 35.5 Å². The molecule has 6 rings (SSSR count). The van der Waals surface area contributed by atoms with Crippen molar-refractivity contribution in [2.45, 2.75) is 44.2 Å². The summed E-state index contributed by atoms with van der Waals surface area (Å²) in [6.45, 7) is 9.65. The van der Waals surface area contributed by atoms with Crippen LogP contribution < -0.4 is 0 Å². The van der Waals surface area contributed by atoms with Gasteiger partial charge >= 0.3 is 0 Å². The minimum absolute atomic E-state index is 0. The fourth-order valence-corrected chi connectivity index (χ4v) is 7.32. The number of oxazole rings is 1. The molecule has 0 amide bonds. The number of nitrogens with zero attached hydrogens (tertiary/aromatic N) is 6. The zero-order chi connectivity index (χ0) is 24.2. The van der Waals surface area contributed by atoms with Crippen molar-refractivity contribution in [3.63, 3.8) is 0 Å². The van der Waals surface area contributed by atoms with E-state index >= 15 is 0 Å². The Balaban J connectivity index is 0.00000267. The highest BCUT2D eigenvalue weighted by Crippen LogP contribution is 2.59.